The lowest BCUT2D eigenvalue weighted by Gasteiger charge is -2.38. The first-order valence-electron chi connectivity index (χ1n) is 14.9. The van der Waals surface area contributed by atoms with Gasteiger partial charge in [0.1, 0.15) is 17.4 Å². The third-order valence-corrected chi connectivity index (χ3v) is 7.52. The van der Waals surface area contributed by atoms with Gasteiger partial charge in [0.2, 0.25) is 0 Å². The fourth-order valence-electron chi connectivity index (χ4n) is 5.15. The van der Waals surface area contributed by atoms with Gasteiger partial charge in [-0.25, -0.2) is 0 Å². The Morgan fingerprint density at radius 2 is 1.57 bits per heavy atom. The van der Waals surface area contributed by atoms with Gasteiger partial charge in [0.05, 0.1) is 24.4 Å². The Balaban J connectivity index is 1.87. The molecule has 10 nitrogen and oxygen atoms in total. The molecular formula is C34H47NO9. The second-order valence-electron chi connectivity index (χ2n) is 11.5. The summed E-state index contributed by atoms with van der Waals surface area (Å²) in [4.78, 5) is 36.9. The molecule has 0 aromatic rings. The summed E-state index contributed by atoms with van der Waals surface area (Å²) in [5, 5.41) is 39.1. The molecule has 2 saturated heterocycles. The Kier molecular flexibility index (Phi) is 14.7. The number of likely N-dealkylation sites (tertiary alicyclic amines) is 1. The summed E-state index contributed by atoms with van der Waals surface area (Å²) in [6.07, 6.45) is 16.4. The zero-order chi connectivity index (χ0) is 33.0. The second-order valence-corrected chi connectivity index (χ2v) is 11.5. The molecule has 0 unspecified atom stereocenters. The van der Waals surface area contributed by atoms with Crippen LogP contribution in [0, 0.1) is 11.8 Å². The van der Waals surface area contributed by atoms with E-state index >= 15 is 0 Å². The Labute approximate surface area is 260 Å². The second kappa shape index (κ2) is 17.7. The highest BCUT2D eigenvalue weighted by Crippen LogP contribution is 2.28. The summed E-state index contributed by atoms with van der Waals surface area (Å²) in [5.74, 6) is -2.43. The van der Waals surface area contributed by atoms with E-state index in [9.17, 15) is 29.7 Å². The number of hydrogen-bond donors (Lipinski definition) is 4. The molecule has 0 aromatic heterocycles. The van der Waals surface area contributed by atoms with Gasteiger partial charge in [-0.2, -0.15) is 0 Å². The molecule has 4 N–H and O–H groups in total. The van der Waals surface area contributed by atoms with Crippen molar-refractivity contribution in [2.75, 3.05) is 7.05 Å². The van der Waals surface area contributed by atoms with Gasteiger partial charge in [0.25, 0.3) is 5.91 Å². The molecule has 0 spiro atoms. The van der Waals surface area contributed by atoms with E-state index in [1.807, 2.05) is 37.3 Å². The average molecular weight is 614 g/mol. The molecule has 0 radical (unpaired) electrons. The largest absolute Gasteiger partial charge is 0.507 e. The van der Waals surface area contributed by atoms with Crippen LogP contribution in [0.5, 0.6) is 0 Å². The van der Waals surface area contributed by atoms with Crippen molar-refractivity contribution in [1.82, 2.24) is 4.90 Å². The lowest BCUT2D eigenvalue weighted by Crippen LogP contribution is -2.49. The number of carboxylic acids is 1. The number of carboxylic acid groups (broad SMARTS) is 1. The van der Waals surface area contributed by atoms with E-state index in [-0.39, 0.29) is 42.8 Å². The molecule has 2 fully saturated rings. The minimum absolute atomic E-state index is 0.0119. The number of allylic oxidation sites excluding steroid dienone is 11. The molecule has 2 aliphatic rings. The third-order valence-electron chi connectivity index (χ3n) is 7.52. The Morgan fingerprint density at radius 3 is 2.11 bits per heavy atom. The smallest absolute Gasteiger partial charge is 0.303 e. The van der Waals surface area contributed by atoms with E-state index in [0.29, 0.717) is 0 Å². The number of nitrogens with zero attached hydrogens (tertiary/aromatic N) is 1. The van der Waals surface area contributed by atoms with Gasteiger partial charge >= 0.3 is 5.97 Å². The summed E-state index contributed by atoms with van der Waals surface area (Å²) in [6, 6.07) is -0.894. The number of aliphatic hydroxyl groups is 3. The number of aliphatic carboxylic acids is 1. The number of hydrogen-bond acceptors (Lipinski definition) is 8. The molecular weight excluding hydrogens is 566 g/mol. The van der Waals surface area contributed by atoms with Gasteiger partial charge in [-0.3, -0.25) is 14.4 Å². The first-order valence-corrected chi connectivity index (χ1v) is 14.9. The van der Waals surface area contributed by atoms with Crippen LogP contribution in [0.3, 0.4) is 0 Å². The van der Waals surface area contributed by atoms with Gasteiger partial charge in [-0.05, 0) is 32.3 Å². The summed E-state index contributed by atoms with van der Waals surface area (Å²) in [5.41, 5.74) is 0.726. The predicted molar refractivity (Wildman–Crippen MR) is 167 cm³/mol. The minimum atomic E-state index is -1.06. The Hall–Kier alpha value is -3.57. The van der Waals surface area contributed by atoms with Crippen LogP contribution in [0.4, 0.5) is 0 Å². The molecule has 0 bridgehead atoms. The van der Waals surface area contributed by atoms with Crippen LogP contribution in [0.15, 0.2) is 83.7 Å². The predicted octanol–water partition coefficient (Wildman–Crippen LogP) is 4.33. The number of carbonyl (C=O) groups is 3. The minimum Gasteiger partial charge on any atom is -0.507 e. The van der Waals surface area contributed by atoms with E-state index in [2.05, 4.69) is 26.8 Å². The Bertz CT molecular complexity index is 1210. The first-order chi connectivity index (χ1) is 20.7. The van der Waals surface area contributed by atoms with Crippen molar-refractivity contribution in [1.29, 1.82) is 0 Å². The molecule has 2 rings (SSSR count). The topological polar surface area (TPSA) is 154 Å². The van der Waals surface area contributed by atoms with E-state index in [1.54, 1.807) is 25.2 Å². The Morgan fingerprint density at radius 1 is 1.00 bits per heavy atom. The number of likely N-dealkylation sites (N-methyl/N-ethyl adjacent to an activating group) is 1. The number of rotatable bonds is 14. The highest BCUT2D eigenvalue weighted by atomic mass is 16.7. The molecule has 10 heteroatoms. The monoisotopic (exact) mass is 613 g/mol. The van der Waals surface area contributed by atoms with Gasteiger partial charge < -0.3 is 34.8 Å². The van der Waals surface area contributed by atoms with E-state index in [1.165, 1.54) is 19.2 Å². The van der Waals surface area contributed by atoms with Crippen molar-refractivity contribution in [3.05, 3.63) is 83.7 Å². The van der Waals surface area contributed by atoms with Crippen molar-refractivity contribution < 1.29 is 44.3 Å². The van der Waals surface area contributed by atoms with E-state index in [0.717, 1.165) is 10.5 Å². The van der Waals surface area contributed by atoms with Crippen LogP contribution < -0.4 is 0 Å². The number of ether oxygens (including phenoxy) is 2. The first kappa shape index (κ1) is 36.6. The molecule has 2 aliphatic heterocycles. The number of ketones is 1. The van der Waals surface area contributed by atoms with Crippen molar-refractivity contribution in [2.24, 2.45) is 11.8 Å². The molecule has 2 heterocycles. The van der Waals surface area contributed by atoms with Gasteiger partial charge in [0, 0.05) is 25.8 Å². The average Bonchev–Trinajstić information content (AvgIpc) is 3.16. The molecule has 0 saturated carbocycles. The summed E-state index contributed by atoms with van der Waals surface area (Å²) in [6.45, 7) is 9.97. The number of aliphatic hydroxyl groups excluding tert-OH is 3. The van der Waals surface area contributed by atoms with Gasteiger partial charge in [-0.1, -0.05) is 87.1 Å². The van der Waals surface area contributed by atoms with E-state index in [4.69, 9.17) is 14.6 Å². The van der Waals surface area contributed by atoms with Crippen LogP contribution in [-0.2, 0) is 23.9 Å². The summed E-state index contributed by atoms with van der Waals surface area (Å²) < 4.78 is 12.0. The van der Waals surface area contributed by atoms with Crippen LogP contribution in [0.25, 0.3) is 0 Å². The van der Waals surface area contributed by atoms with Crippen LogP contribution >= 0.6 is 0 Å². The molecule has 0 aliphatic carbocycles. The fraction of sp³-hybridized carbons (Fsp3) is 0.500. The molecule has 7 atom stereocenters. The van der Waals surface area contributed by atoms with Crippen LogP contribution in [0.1, 0.15) is 53.9 Å². The zero-order valence-corrected chi connectivity index (χ0v) is 26.4. The van der Waals surface area contributed by atoms with Crippen LogP contribution in [-0.4, -0.2) is 86.8 Å². The van der Waals surface area contributed by atoms with Crippen molar-refractivity contribution in [3.8, 4) is 0 Å². The normalized spacial score (nSPS) is 28.2. The van der Waals surface area contributed by atoms with Crippen molar-refractivity contribution in [2.45, 2.75) is 90.6 Å². The number of carbonyl (C=O) groups excluding carboxylic acids is 2. The number of Topliss-reactive ketones (excluding diaryl/α,β-unsaturated/α-hetero) is 1. The summed E-state index contributed by atoms with van der Waals surface area (Å²) >= 11 is 0. The highest BCUT2D eigenvalue weighted by Gasteiger charge is 2.42. The number of amides is 1. The van der Waals surface area contributed by atoms with Gasteiger partial charge in [-0.15, -0.1) is 0 Å². The molecule has 1 amide bonds. The lowest BCUT2D eigenvalue weighted by molar-refractivity contribution is -0.267. The molecule has 44 heavy (non-hydrogen) atoms. The molecule has 242 valence electrons. The summed E-state index contributed by atoms with van der Waals surface area (Å²) in [7, 11) is 1.41. The SMILES string of the molecule is CC(/C=C\C=C/C=C\C=C/C=C\C(O)=C1C(=O)[C@H](CCC(=O)O)N(C)C1=O)=C\[C@H](C)[C@@H](O[C@H]1C[C@@H](O)[C@@H](O)[C@@H](C)O1)C(C)C. The van der Waals surface area contributed by atoms with Crippen molar-refractivity contribution >= 4 is 17.7 Å². The zero-order valence-electron chi connectivity index (χ0n) is 26.4. The fourth-order valence-corrected chi connectivity index (χ4v) is 5.15. The van der Waals surface area contributed by atoms with Gasteiger partial charge in [0.15, 0.2) is 12.1 Å². The standard InChI is InChI=1S/C34H47NO9/c1-21(2)33(44-29-20-27(37)31(40)24(5)43-29)23(4)19-22(3)15-13-11-9-7-8-10-12-14-16-26(36)30-32(41)25(17-18-28(38)39)35(6)34(30)42/h7-16,19,21,23-25,27,29,31,33,36-37,40H,17-18,20H2,1-6H3,(H,38,39)/b8-7-,11-9-,12-10-,15-13-,16-14-,22-19+,30-26?/t23-,24+,25-,27+,29-,31-,33-/m0/s1. The third kappa shape index (κ3) is 10.9. The van der Waals surface area contributed by atoms with E-state index < -0.39 is 54.1 Å². The molecule has 0 aromatic carbocycles. The quantitative estimate of drug-likeness (QED) is 0.0970. The van der Waals surface area contributed by atoms with Crippen LogP contribution in [0.2, 0.25) is 0 Å². The highest BCUT2D eigenvalue weighted by molar-refractivity contribution is 6.27. The maximum Gasteiger partial charge on any atom is 0.303 e. The van der Waals surface area contributed by atoms with Crippen molar-refractivity contribution in [3.63, 3.8) is 0 Å². The maximum absolute atomic E-state index is 12.5. The maximum atomic E-state index is 12.5. The lowest BCUT2D eigenvalue weighted by atomic mass is 9.92.